The monoisotopic (exact) mass is 431 g/mol. The van der Waals surface area contributed by atoms with Crippen molar-refractivity contribution in [1.82, 2.24) is 10.2 Å². The van der Waals surface area contributed by atoms with Gasteiger partial charge in [0.15, 0.2) is 0 Å². The van der Waals surface area contributed by atoms with Crippen molar-refractivity contribution >= 4 is 29.1 Å². The largest absolute Gasteiger partial charge is 0.370 e. The molecule has 0 aromatic heterocycles. The molecule has 2 amide bonds. The summed E-state index contributed by atoms with van der Waals surface area (Å²) < 4.78 is 5.78. The van der Waals surface area contributed by atoms with Crippen molar-refractivity contribution in [3.05, 3.63) is 74.8 Å². The molecule has 0 spiro atoms. The average molecular weight is 432 g/mol. The predicted octanol–water partition coefficient (Wildman–Crippen LogP) is 3.36. The lowest BCUT2D eigenvalue weighted by atomic mass is 10.1. The Kier molecular flexibility index (Phi) is 7.37. The van der Waals surface area contributed by atoms with Crippen molar-refractivity contribution in [2.24, 2.45) is 0 Å². The van der Waals surface area contributed by atoms with Crippen LogP contribution in [0.4, 0.5) is 5.69 Å². The molecule has 1 aliphatic rings. The highest BCUT2D eigenvalue weighted by atomic mass is 35.5. The van der Waals surface area contributed by atoms with Crippen LogP contribution in [0.25, 0.3) is 0 Å². The van der Waals surface area contributed by atoms with Gasteiger partial charge >= 0.3 is 0 Å². The lowest BCUT2D eigenvalue weighted by Gasteiger charge is -2.33. The van der Waals surface area contributed by atoms with Crippen LogP contribution in [0.3, 0.4) is 0 Å². The number of nitro groups is 1. The Balaban J connectivity index is 1.46. The molecule has 158 valence electrons. The van der Waals surface area contributed by atoms with Crippen molar-refractivity contribution in [3.63, 3.8) is 0 Å². The lowest BCUT2D eigenvalue weighted by Crippen LogP contribution is -2.42. The molecule has 1 unspecified atom stereocenters. The van der Waals surface area contributed by atoms with Crippen LogP contribution in [0, 0.1) is 10.1 Å². The van der Waals surface area contributed by atoms with Gasteiger partial charge in [-0.3, -0.25) is 19.7 Å². The Hall–Kier alpha value is -2.97. The number of nitro benzene ring substituents is 1. The normalized spacial score (nSPS) is 16.2. The molecule has 3 rings (SSSR count). The van der Waals surface area contributed by atoms with Gasteiger partial charge in [0.1, 0.15) is 6.10 Å². The first-order valence-electron chi connectivity index (χ1n) is 9.62. The molecule has 2 aromatic carbocycles. The molecule has 30 heavy (non-hydrogen) atoms. The number of nitrogens with zero attached hydrogens (tertiary/aromatic N) is 2. The number of ether oxygens (including phenoxy) is 1. The molecule has 0 radical (unpaired) electrons. The van der Waals surface area contributed by atoms with E-state index in [1.807, 2.05) is 30.3 Å². The number of carbonyl (C=O) groups is 2. The number of rotatable bonds is 7. The SMILES string of the molecule is O=C(NCCCC(=O)N1CCOC(c2ccccc2)C1)c1cc([N+](=O)[O-])ccc1Cl. The van der Waals surface area contributed by atoms with E-state index in [9.17, 15) is 19.7 Å². The minimum absolute atomic E-state index is 0.00172. The first kappa shape index (κ1) is 21.7. The van der Waals surface area contributed by atoms with E-state index in [1.54, 1.807) is 4.90 Å². The van der Waals surface area contributed by atoms with E-state index in [0.29, 0.717) is 26.1 Å². The maximum atomic E-state index is 12.5. The number of benzene rings is 2. The van der Waals surface area contributed by atoms with Crippen LogP contribution in [0.15, 0.2) is 48.5 Å². The first-order valence-corrected chi connectivity index (χ1v) is 10.00. The van der Waals surface area contributed by atoms with Crippen LogP contribution in [-0.4, -0.2) is 47.9 Å². The van der Waals surface area contributed by atoms with Crippen molar-refractivity contribution in [2.75, 3.05) is 26.2 Å². The summed E-state index contributed by atoms with van der Waals surface area (Å²) in [5, 5.41) is 13.7. The van der Waals surface area contributed by atoms with Gasteiger partial charge in [-0.25, -0.2) is 0 Å². The second-order valence-corrected chi connectivity index (χ2v) is 7.30. The van der Waals surface area contributed by atoms with Crippen LogP contribution in [-0.2, 0) is 9.53 Å². The minimum Gasteiger partial charge on any atom is -0.370 e. The van der Waals surface area contributed by atoms with Gasteiger partial charge in [0.2, 0.25) is 5.91 Å². The highest BCUT2D eigenvalue weighted by Gasteiger charge is 2.25. The molecule has 1 heterocycles. The number of hydrogen-bond donors (Lipinski definition) is 1. The van der Waals surface area contributed by atoms with E-state index in [2.05, 4.69) is 5.32 Å². The molecule has 8 nitrogen and oxygen atoms in total. The Morgan fingerprint density at radius 3 is 2.73 bits per heavy atom. The predicted molar refractivity (Wildman–Crippen MR) is 111 cm³/mol. The summed E-state index contributed by atoms with van der Waals surface area (Å²) in [4.78, 5) is 36.8. The molecule has 0 bridgehead atoms. The highest BCUT2D eigenvalue weighted by Crippen LogP contribution is 2.23. The molecule has 1 N–H and O–H groups in total. The molecule has 1 aliphatic heterocycles. The van der Waals surface area contributed by atoms with Crippen LogP contribution in [0.2, 0.25) is 5.02 Å². The summed E-state index contributed by atoms with van der Waals surface area (Å²) in [7, 11) is 0. The maximum Gasteiger partial charge on any atom is 0.270 e. The topological polar surface area (TPSA) is 102 Å². The van der Waals surface area contributed by atoms with Crippen LogP contribution in [0.5, 0.6) is 0 Å². The Morgan fingerprint density at radius 1 is 1.23 bits per heavy atom. The zero-order valence-electron chi connectivity index (χ0n) is 16.3. The number of non-ortho nitro benzene ring substituents is 1. The summed E-state index contributed by atoms with van der Waals surface area (Å²) in [6.07, 6.45) is 0.592. The van der Waals surface area contributed by atoms with Gasteiger partial charge in [0.05, 0.1) is 28.7 Å². The van der Waals surface area contributed by atoms with Gasteiger partial charge in [0, 0.05) is 31.6 Å². The molecule has 2 aromatic rings. The number of amides is 2. The van der Waals surface area contributed by atoms with Gasteiger partial charge in [-0.15, -0.1) is 0 Å². The zero-order valence-corrected chi connectivity index (χ0v) is 17.0. The zero-order chi connectivity index (χ0) is 21.5. The minimum atomic E-state index is -0.586. The van der Waals surface area contributed by atoms with Gasteiger partial charge < -0.3 is 15.0 Å². The molecule has 9 heteroatoms. The van der Waals surface area contributed by atoms with Crippen LogP contribution < -0.4 is 5.32 Å². The third-order valence-electron chi connectivity index (χ3n) is 4.85. The van der Waals surface area contributed by atoms with Gasteiger partial charge in [0.25, 0.3) is 11.6 Å². The molecule has 1 saturated heterocycles. The maximum absolute atomic E-state index is 12.5. The quantitative estimate of drug-likeness (QED) is 0.411. The fourth-order valence-corrected chi connectivity index (χ4v) is 3.44. The third kappa shape index (κ3) is 5.55. The van der Waals surface area contributed by atoms with Crippen LogP contribution in [0.1, 0.15) is 34.9 Å². The van der Waals surface area contributed by atoms with Crippen molar-refractivity contribution < 1.29 is 19.2 Å². The molecule has 1 atom stereocenters. The summed E-state index contributed by atoms with van der Waals surface area (Å²) >= 11 is 5.97. The summed E-state index contributed by atoms with van der Waals surface area (Å²) in [5.41, 5.74) is 0.868. The smallest absolute Gasteiger partial charge is 0.270 e. The number of hydrogen-bond acceptors (Lipinski definition) is 5. The van der Waals surface area contributed by atoms with Crippen LogP contribution >= 0.6 is 11.6 Å². The summed E-state index contributed by atoms with van der Waals surface area (Å²) in [6, 6.07) is 13.5. The molecule has 0 aliphatic carbocycles. The number of morpholine rings is 1. The first-order chi connectivity index (χ1) is 14.5. The van der Waals surface area contributed by atoms with Crippen molar-refractivity contribution in [1.29, 1.82) is 0 Å². The second kappa shape index (κ2) is 10.2. The fourth-order valence-electron chi connectivity index (χ4n) is 3.24. The standard InChI is InChI=1S/C21H22ClN3O5/c22-18-9-8-16(25(28)29)13-17(18)21(27)23-10-4-7-20(26)24-11-12-30-19(14-24)15-5-2-1-3-6-15/h1-3,5-6,8-9,13,19H,4,7,10-12,14H2,(H,23,27). The lowest BCUT2D eigenvalue weighted by molar-refractivity contribution is -0.384. The van der Waals surface area contributed by atoms with E-state index >= 15 is 0 Å². The molecular weight excluding hydrogens is 410 g/mol. The van der Waals surface area contributed by atoms with Crippen molar-refractivity contribution in [3.8, 4) is 0 Å². The number of halogens is 1. The molecule has 1 fully saturated rings. The van der Waals surface area contributed by atoms with Gasteiger partial charge in [-0.05, 0) is 18.1 Å². The Morgan fingerprint density at radius 2 is 2.00 bits per heavy atom. The third-order valence-corrected chi connectivity index (χ3v) is 5.18. The molecular formula is C21H22ClN3O5. The Labute approximate surface area is 178 Å². The fraction of sp³-hybridized carbons (Fsp3) is 0.333. The van der Waals surface area contributed by atoms with E-state index in [4.69, 9.17) is 16.3 Å². The van der Waals surface area contributed by atoms with Gasteiger partial charge in [-0.2, -0.15) is 0 Å². The van der Waals surface area contributed by atoms with Crippen molar-refractivity contribution in [2.45, 2.75) is 18.9 Å². The van der Waals surface area contributed by atoms with E-state index in [-0.39, 0.29) is 41.3 Å². The summed E-state index contributed by atoms with van der Waals surface area (Å²) in [6.45, 7) is 1.78. The van der Waals surface area contributed by atoms with E-state index < -0.39 is 10.8 Å². The number of carbonyl (C=O) groups excluding carboxylic acids is 2. The number of nitrogens with one attached hydrogen (secondary N) is 1. The molecule has 0 saturated carbocycles. The Bertz CT molecular complexity index is 922. The van der Waals surface area contributed by atoms with E-state index in [0.717, 1.165) is 11.6 Å². The van der Waals surface area contributed by atoms with Gasteiger partial charge in [-0.1, -0.05) is 41.9 Å². The summed E-state index contributed by atoms with van der Waals surface area (Å²) in [5.74, 6) is -0.506. The average Bonchev–Trinajstić information content (AvgIpc) is 2.77. The second-order valence-electron chi connectivity index (χ2n) is 6.89. The highest BCUT2D eigenvalue weighted by molar-refractivity contribution is 6.33. The van der Waals surface area contributed by atoms with E-state index in [1.165, 1.54) is 12.1 Å².